The minimum absolute atomic E-state index is 0.655. The molecule has 0 aliphatic heterocycles. The second-order valence-electron chi connectivity index (χ2n) is 7.70. The minimum Gasteiger partial charge on any atom is -0.331 e. The van der Waals surface area contributed by atoms with Crippen molar-refractivity contribution < 1.29 is 0 Å². The van der Waals surface area contributed by atoms with Crippen LogP contribution in [0.4, 0.5) is 5.13 Å². The summed E-state index contributed by atoms with van der Waals surface area (Å²) in [6.45, 7) is 2.00. The third kappa shape index (κ3) is 5.39. The topological polar surface area (TPSA) is 74.8 Å². The number of thiazole rings is 1. The molecule has 0 unspecified atom stereocenters. The van der Waals surface area contributed by atoms with E-state index in [9.17, 15) is 0 Å². The molecule has 0 saturated heterocycles. The summed E-state index contributed by atoms with van der Waals surface area (Å²) in [5.41, 5.74) is 5.99. The Morgan fingerprint density at radius 1 is 1.17 bits per heavy atom. The Kier molecular flexibility index (Phi) is 6.67. The third-order valence-electron chi connectivity index (χ3n) is 5.21. The van der Waals surface area contributed by atoms with Crippen LogP contribution >= 0.6 is 23.3 Å². The number of aromatic nitrogens is 1. The predicted molar refractivity (Wildman–Crippen MR) is 129 cm³/mol. The van der Waals surface area contributed by atoms with Crippen molar-refractivity contribution >= 4 is 39.8 Å². The molecule has 154 valence electrons. The number of nitrogens with two attached hydrogens (primary N) is 1. The fourth-order valence-electron chi connectivity index (χ4n) is 3.41. The number of rotatable bonds is 9. The van der Waals surface area contributed by atoms with Gasteiger partial charge in [0.15, 0.2) is 5.13 Å². The summed E-state index contributed by atoms with van der Waals surface area (Å²) in [5, 5.41) is 21.1. The Morgan fingerprint density at radius 2 is 1.90 bits per heavy atom. The Balaban J connectivity index is 1.76. The summed E-state index contributed by atoms with van der Waals surface area (Å²) >= 11 is 2.85. The maximum absolute atomic E-state index is 8.96. The van der Waals surface area contributed by atoms with Gasteiger partial charge in [0.1, 0.15) is 0 Å². The van der Waals surface area contributed by atoms with Crippen molar-refractivity contribution in [3.05, 3.63) is 82.4 Å². The maximum atomic E-state index is 8.96. The molecule has 4 nitrogen and oxygen atoms in total. The van der Waals surface area contributed by atoms with Gasteiger partial charge in [0, 0.05) is 28.0 Å². The normalized spacial score (nSPS) is 14.3. The molecule has 1 aliphatic rings. The van der Waals surface area contributed by atoms with E-state index in [1.165, 1.54) is 30.4 Å². The molecular formula is C24H26N4S2. The predicted octanol–water partition coefficient (Wildman–Crippen LogP) is 6.30. The number of nitrogens with zero attached hydrogens (tertiary/aromatic N) is 1. The summed E-state index contributed by atoms with van der Waals surface area (Å²) in [7, 11) is 0. The van der Waals surface area contributed by atoms with Crippen molar-refractivity contribution in [2.75, 3.05) is 5.32 Å². The van der Waals surface area contributed by atoms with Crippen molar-refractivity contribution in [3.8, 4) is 0 Å². The molecule has 0 spiro atoms. The number of anilines is 1. The quantitative estimate of drug-likeness (QED) is 0.273. The fraction of sp³-hybridized carbons (Fsp3) is 0.250. The average Bonchev–Trinajstić information content (AvgIpc) is 3.49. The maximum Gasteiger partial charge on any atom is 0.187 e. The van der Waals surface area contributed by atoms with Gasteiger partial charge in [-0.2, -0.15) is 0 Å². The van der Waals surface area contributed by atoms with Gasteiger partial charge in [-0.05, 0) is 67.3 Å². The van der Waals surface area contributed by atoms with Crippen LogP contribution in [0.25, 0.3) is 5.70 Å². The third-order valence-corrected chi connectivity index (χ3v) is 6.63. The lowest BCUT2D eigenvalue weighted by atomic mass is 9.93. The van der Waals surface area contributed by atoms with Crippen LogP contribution in [0.3, 0.4) is 0 Å². The molecule has 1 heterocycles. The van der Waals surface area contributed by atoms with E-state index in [1.54, 1.807) is 11.3 Å². The lowest BCUT2D eigenvalue weighted by molar-refractivity contribution is 0.885. The van der Waals surface area contributed by atoms with Gasteiger partial charge < -0.3 is 10.7 Å². The second-order valence-corrected chi connectivity index (χ2v) is 9.27. The summed E-state index contributed by atoms with van der Waals surface area (Å²) in [6.07, 6.45) is 4.00. The van der Waals surface area contributed by atoms with Crippen LogP contribution in [-0.4, -0.2) is 10.7 Å². The molecule has 30 heavy (non-hydrogen) atoms. The summed E-state index contributed by atoms with van der Waals surface area (Å²) in [6, 6.07) is 18.6. The number of hydrogen-bond acceptors (Lipinski definition) is 6. The van der Waals surface area contributed by atoms with Crippen LogP contribution in [0.1, 0.15) is 36.1 Å². The van der Waals surface area contributed by atoms with Crippen LogP contribution in [0.15, 0.2) is 70.4 Å². The molecule has 0 bridgehead atoms. The van der Waals surface area contributed by atoms with Crippen molar-refractivity contribution in [1.82, 2.24) is 4.98 Å². The largest absolute Gasteiger partial charge is 0.331 e. The SMILES string of the molecule is Cc1csc(N/C(=C(/Cc2ccc(SN)cc2)C(=N)CC2CC2)c2ccccc2)n1. The van der Waals surface area contributed by atoms with E-state index in [2.05, 4.69) is 34.6 Å². The van der Waals surface area contributed by atoms with Crippen molar-refractivity contribution in [1.29, 1.82) is 5.41 Å². The molecule has 4 rings (SSSR count). The van der Waals surface area contributed by atoms with Gasteiger partial charge in [-0.3, -0.25) is 5.14 Å². The highest BCUT2D eigenvalue weighted by atomic mass is 32.2. The molecule has 0 atom stereocenters. The number of allylic oxidation sites excluding steroid dienone is 1. The van der Waals surface area contributed by atoms with E-state index in [0.717, 1.165) is 44.7 Å². The Labute approximate surface area is 186 Å². The monoisotopic (exact) mass is 434 g/mol. The zero-order valence-electron chi connectivity index (χ0n) is 17.0. The first-order chi connectivity index (χ1) is 14.6. The van der Waals surface area contributed by atoms with E-state index in [0.29, 0.717) is 12.3 Å². The fourth-order valence-corrected chi connectivity index (χ4v) is 4.40. The van der Waals surface area contributed by atoms with E-state index >= 15 is 0 Å². The lowest BCUT2D eigenvalue weighted by Gasteiger charge is -2.18. The molecule has 0 amide bonds. The zero-order valence-corrected chi connectivity index (χ0v) is 18.7. The van der Waals surface area contributed by atoms with Gasteiger partial charge in [-0.25, -0.2) is 4.98 Å². The summed E-state index contributed by atoms with van der Waals surface area (Å²) < 4.78 is 0. The standard InChI is InChI=1S/C24H26N4S2/c1-16-15-29-24(27-16)28-23(19-5-3-2-4-6-19)21(22(25)14-18-7-8-18)13-17-9-11-20(30-26)12-10-17/h2-6,9-12,15,18,25H,7-8,13-14,26H2,1H3,(H,27,28)/b23-21-,25-22?. The molecule has 1 fully saturated rings. The molecule has 2 aromatic carbocycles. The first-order valence-electron chi connectivity index (χ1n) is 10.1. The molecule has 4 N–H and O–H groups in total. The highest BCUT2D eigenvalue weighted by Crippen LogP contribution is 2.35. The summed E-state index contributed by atoms with van der Waals surface area (Å²) in [4.78, 5) is 5.65. The zero-order chi connectivity index (χ0) is 20.9. The highest BCUT2D eigenvalue weighted by molar-refractivity contribution is 7.97. The Bertz CT molecular complexity index is 1030. The smallest absolute Gasteiger partial charge is 0.187 e. The molecular weight excluding hydrogens is 408 g/mol. The van der Waals surface area contributed by atoms with E-state index < -0.39 is 0 Å². The molecule has 1 saturated carbocycles. The van der Waals surface area contributed by atoms with E-state index in [-0.39, 0.29) is 0 Å². The first-order valence-corrected chi connectivity index (χ1v) is 11.9. The number of benzene rings is 2. The second kappa shape index (κ2) is 9.60. The van der Waals surface area contributed by atoms with Gasteiger partial charge >= 0.3 is 0 Å². The Morgan fingerprint density at radius 3 is 2.50 bits per heavy atom. The molecule has 6 heteroatoms. The van der Waals surface area contributed by atoms with E-state index in [1.807, 2.05) is 42.6 Å². The van der Waals surface area contributed by atoms with Gasteiger partial charge in [0.05, 0.1) is 11.4 Å². The van der Waals surface area contributed by atoms with Gasteiger partial charge in [0.2, 0.25) is 0 Å². The van der Waals surface area contributed by atoms with E-state index in [4.69, 9.17) is 10.5 Å². The number of nitrogens with one attached hydrogen (secondary N) is 2. The van der Waals surface area contributed by atoms with Crippen LogP contribution < -0.4 is 10.5 Å². The number of hydrogen-bond donors (Lipinski definition) is 3. The van der Waals surface area contributed by atoms with Crippen LogP contribution in [0.5, 0.6) is 0 Å². The molecule has 0 radical (unpaired) electrons. The van der Waals surface area contributed by atoms with Crippen LogP contribution in [0.2, 0.25) is 0 Å². The first kappa shape index (κ1) is 20.8. The lowest BCUT2D eigenvalue weighted by Crippen LogP contribution is -2.13. The van der Waals surface area contributed by atoms with Crippen molar-refractivity contribution in [2.45, 2.75) is 37.5 Å². The minimum atomic E-state index is 0.655. The summed E-state index contributed by atoms with van der Waals surface area (Å²) in [5.74, 6) is 0.655. The van der Waals surface area contributed by atoms with Crippen molar-refractivity contribution in [2.24, 2.45) is 11.1 Å². The Hall–Kier alpha value is -2.41. The molecule has 1 aromatic heterocycles. The van der Waals surface area contributed by atoms with Gasteiger partial charge in [-0.15, -0.1) is 11.3 Å². The van der Waals surface area contributed by atoms with Gasteiger partial charge in [0.25, 0.3) is 0 Å². The van der Waals surface area contributed by atoms with Crippen LogP contribution in [-0.2, 0) is 6.42 Å². The van der Waals surface area contributed by atoms with Crippen LogP contribution in [0, 0.1) is 18.3 Å². The van der Waals surface area contributed by atoms with Crippen molar-refractivity contribution in [3.63, 3.8) is 0 Å². The average molecular weight is 435 g/mol. The molecule has 1 aliphatic carbocycles. The molecule has 3 aromatic rings. The highest BCUT2D eigenvalue weighted by Gasteiger charge is 2.26. The number of aryl methyl sites for hydroxylation is 1. The van der Waals surface area contributed by atoms with Gasteiger partial charge in [-0.1, -0.05) is 42.5 Å².